The maximum atomic E-state index is 5.43. The van der Waals surface area contributed by atoms with E-state index in [9.17, 15) is 0 Å². The van der Waals surface area contributed by atoms with Crippen LogP contribution >= 0.6 is 11.3 Å². The molecule has 2 aromatic heterocycles. The van der Waals surface area contributed by atoms with Crippen LogP contribution in [-0.4, -0.2) is 42.4 Å². The third kappa shape index (κ3) is 3.64. The van der Waals surface area contributed by atoms with E-state index in [0.29, 0.717) is 6.04 Å². The Morgan fingerprint density at radius 1 is 1.48 bits per heavy atom. The van der Waals surface area contributed by atoms with Crippen LogP contribution in [0.3, 0.4) is 0 Å². The Bertz CT molecular complexity index is 562. The van der Waals surface area contributed by atoms with Crippen molar-refractivity contribution in [2.45, 2.75) is 19.5 Å². The number of thiophene rings is 1. The number of rotatable bonds is 7. The van der Waals surface area contributed by atoms with Crippen LogP contribution in [0.25, 0.3) is 0 Å². The van der Waals surface area contributed by atoms with Gasteiger partial charge in [0, 0.05) is 26.2 Å². The molecule has 0 saturated carbocycles. The van der Waals surface area contributed by atoms with Crippen LogP contribution in [-0.2, 0) is 13.6 Å². The van der Waals surface area contributed by atoms with Crippen molar-refractivity contribution < 1.29 is 4.74 Å². The number of likely N-dealkylation sites (N-methyl/N-ethyl adjacent to an activating group) is 1. The van der Waals surface area contributed by atoms with Crippen LogP contribution in [0.4, 0.5) is 0 Å². The van der Waals surface area contributed by atoms with Crippen LogP contribution in [0, 0.1) is 6.92 Å². The van der Waals surface area contributed by atoms with E-state index in [-0.39, 0.29) is 0 Å². The summed E-state index contributed by atoms with van der Waals surface area (Å²) in [6.45, 7) is 3.67. The lowest BCUT2D eigenvalue weighted by atomic mass is 10.1. The molecule has 1 N–H and O–H groups in total. The van der Waals surface area contributed by atoms with Gasteiger partial charge in [-0.05, 0) is 43.4 Å². The van der Waals surface area contributed by atoms with E-state index in [1.807, 2.05) is 14.0 Å². The van der Waals surface area contributed by atoms with Crippen molar-refractivity contribution in [3.05, 3.63) is 33.6 Å². The summed E-state index contributed by atoms with van der Waals surface area (Å²) in [6, 6.07) is 2.56. The minimum atomic E-state index is 0.374. The van der Waals surface area contributed by atoms with Crippen molar-refractivity contribution in [3.8, 4) is 5.88 Å². The number of hydrogen-bond donors (Lipinski definition) is 1. The van der Waals surface area contributed by atoms with Gasteiger partial charge in [-0.15, -0.1) is 0 Å². The molecule has 0 aliphatic heterocycles. The number of nitrogens with zero attached hydrogens (tertiary/aromatic N) is 3. The zero-order valence-corrected chi connectivity index (χ0v) is 14.2. The van der Waals surface area contributed by atoms with Crippen molar-refractivity contribution in [3.63, 3.8) is 0 Å². The average Bonchev–Trinajstić information content (AvgIpc) is 3.03. The normalized spacial score (nSPS) is 12.9. The van der Waals surface area contributed by atoms with Crippen LogP contribution in [0.1, 0.15) is 22.9 Å². The van der Waals surface area contributed by atoms with Gasteiger partial charge in [-0.25, -0.2) is 4.68 Å². The second-order valence-corrected chi connectivity index (χ2v) is 6.14. The second kappa shape index (κ2) is 7.06. The summed E-state index contributed by atoms with van der Waals surface area (Å²) in [6.07, 6.45) is 0. The van der Waals surface area contributed by atoms with Crippen LogP contribution in [0.15, 0.2) is 16.8 Å². The molecule has 1 atom stereocenters. The summed E-state index contributed by atoms with van der Waals surface area (Å²) in [5, 5.41) is 12.3. The third-order valence-corrected chi connectivity index (χ3v) is 4.37. The van der Waals surface area contributed by atoms with Crippen molar-refractivity contribution in [1.29, 1.82) is 0 Å². The highest BCUT2D eigenvalue weighted by Crippen LogP contribution is 2.22. The third-order valence-electron chi connectivity index (χ3n) is 3.67. The Balaban J connectivity index is 2.00. The SMILES string of the molecule is COc1c(CNCC(c2ccsc2)N(C)C)c(C)nn1C. The van der Waals surface area contributed by atoms with Gasteiger partial charge in [0.2, 0.25) is 5.88 Å². The first-order valence-corrected chi connectivity index (χ1v) is 7.94. The molecule has 0 saturated heterocycles. The predicted molar refractivity (Wildman–Crippen MR) is 87.0 cm³/mol. The zero-order valence-electron chi connectivity index (χ0n) is 13.4. The summed E-state index contributed by atoms with van der Waals surface area (Å²) in [7, 11) is 7.82. The van der Waals surface area contributed by atoms with E-state index in [1.54, 1.807) is 23.1 Å². The van der Waals surface area contributed by atoms with Gasteiger partial charge in [0.1, 0.15) is 0 Å². The Morgan fingerprint density at radius 3 is 2.81 bits per heavy atom. The summed E-state index contributed by atoms with van der Waals surface area (Å²) < 4.78 is 7.21. The number of ether oxygens (including phenoxy) is 1. The van der Waals surface area contributed by atoms with Gasteiger partial charge in [0.25, 0.3) is 0 Å². The van der Waals surface area contributed by atoms with E-state index < -0.39 is 0 Å². The number of hydrogen-bond acceptors (Lipinski definition) is 5. The lowest BCUT2D eigenvalue weighted by Gasteiger charge is -2.24. The number of methoxy groups -OCH3 is 1. The molecule has 6 heteroatoms. The molecule has 116 valence electrons. The molecule has 21 heavy (non-hydrogen) atoms. The monoisotopic (exact) mass is 308 g/mol. The van der Waals surface area contributed by atoms with E-state index in [4.69, 9.17) is 4.74 Å². The molecule has 2 rings (SSSR count). The van der Waals surface area contributed by atoms with E-state index in [2.05, 4.69) is 46.2 Å². The fourth-order valence-electron chi connectivity index (χ4n) is 2.54. The van der Waals surface area contributed by atoms with Gasteiger partial charge >= 0.3 is 0 Å². The highest BCUT2D eigenvalue weighted by Gasteiger charge is 2.17. The fourth-order valence-corrected chi connectivity index (χ4v) is 3.24. The number of aryl methyl sites for hydroxylation is 2. The first-order chi connectivity index (χ1) is 10.0. The van der Waals surface area contributed by atoms with Crippen LogP contribution in [0.2, 0.25) is 0 Å². The molecule has 0 aliphatic carbocycles. The lowest BCUT2D eigenvalue weighted by Crippen LogP contribution is -2.30. The van der Waals surface area contributed by atoms with E-state index >= 15 is 0 Å². The van der Waals surface area contributed by atoms with Gasteiger partial charge in [-0.2, -0.15) is 16.4 Å². The molecule has 0 spiro atoms. The topological polar surface area (TPSA) is 42.3 Å². The smallest absolute Gasteiger partial charge is 0.216 e. The Labute approximate surface area is 130 Å². The Hall–Kier alpha value is -1.37. The molecule has 2 aromatic rings. The molecule has 0 bridgehead atoms. The molecule has 0 fully saturated rings. The average molecular weight is 308 g/mol. The number of aromatic nitrogens is 2. The Kier molecular flexibility index (Phi) is 5.39. The predicted octanol–water partition coefficient (Wildman–Crippen LogP) is 2.19. The molecule has 0 aliphatic rings. The summed E-state index contributed by atoms with van der Waals surface area (Å²) in [5.41, 5.74) is 3.49. The molecule has 5 nitrogen and oxygen atoms in total. The minimum absolute atomic E-state index is 0.374. The maximum Gasteiger partial charge on any atom is 0.216 e. The number of nitrogens with one attached hydrogen (secondary N) is 1. The van der Waals surface area contributed by atoms with E-state index in [1.165, 1.54) is 5.56 Å². The fraction of sp³-hybridized carbons (Fsp3) is 0.533. The van der Waals surface area contributed by atoms with Gasteiger partial charge in [-0.3, -0.25) is 0 Å². The summed E-state index contributed by atoms with van der Waals surface area (Å²) in [5.74, 6) is 0.830. The highest BCUT2D eigenvalue weighted by molar-refractivity contribution is 7.07. The maximum absolute atomic E-state index is 5.43. The van der Waals surface area contributed by atoms with Crippen molar-refractivity contribution in [2.75, 3.05) is 27.7 Å². The highest BCUT2D eigenvalue weighted by atomic mass is 32.1. The largest absolute Gasteiger partial charge is 0.481 e. The zero-order chi connectivity index (χ0) is 15.4. The van der Waals surface area contributed by atoms with Crippen molar-refractivity contribution >= 4 is 11.3 Å². The lowest BCUT2D eigenvalue weighted by molar-refractivity contribution is 0.288. The first-order valence-electron chi connectivity index (χ1n) is 7.00. The van der Waals surface area contributed by atoms with E-state index in [0.717, 1.165) is 30.2 Å². The van der Waals surface area contributed by atoms with Gasteiger partial charge in [0.05, 0.1) is 18.4 Å². The van der Waals surface area contributed by atoms with Crippen LogP contribution in [0.5, 0.6) is 5.88 Å². The van der Waals surface area contributed by atoms with Crippen molar-refractivity contribution in [1.82, 2.24) is 20.0 Å². The molecule has 1 unspecified atom stereocenters. The van der Waals surface area contributed by atoms with Crippen molar-refractivity contribution in [2.24, 2.45) is 7.05 Å². The molecular weight excluding hydrogens is 284 g/mol. The standard InChI is InChI=1S/C15H24N4OS/c1-11-13(15(20-5)19(4)17-11)8-16-9-14(18(2)3)12-6-7-21-10-12/h6-7,10,14,16H,8-9H2,1-5H3. The second-order valence-electron chi connectivity index (χ2n) is 5.36. The quantitative estimate of drug-likeness (QED) is 0.851. The summed E-state index contributed by atoms with van der Waals surface area (Å²) >= 11 is 1.74. The van der Waals surface area contributed by atoms with Gasteiger partial charge in [-0.1, -0.05) is 0 Å². The molecule has 0 aromatic carbocycles. The molecule has 0 radical (unpaired) electrons. The minimum Gasteiger partial charge on any atom is -0.481 e. The van der Waals surface area contributed by atoms with Gasteiger partial charge in [0.15, 0.2) is 0 Å². The molecule has 0 amide bonds. The van der Waals surface area contributed by atoms with Crippen LogP contribution < -0.4 is 10.1 Å². The van der Waals surface area contributed by atoms with Gasteiger partial charge < -0.3 is 15.0 Å². The first kappa shape index (κ1) is 16.0. The molecular formula is C15H24N4OS. The summed E-state index contributed by atoms with van der Waals surface area (Å²) in [4.78, 5) is 2.24. The molecule has 2 heterocycles. The Morgan fingerprint density at radius 2 is 2.24 bits per heavy atom.